The maximum atomic E-state index is 11.6. The number of carboxylic acids is 1. The maximum Gasteiger partial charge on any atom is 0.320 e. The lowest BCUT2D eigenvalue weighted by Gasteiger charge is -2.32. The first-order valence-electron chi connectivity index (χ1n) is 8.94. The molecule has 0 bridgehead atoms. The van der Waals surface area contributed by atoms with Crippen molar-refractivity contribution in [3.63, 3.8) is 0 Å². The average molecular weight is 333 g/mol. The number of aliphatic carboxylic acids is 1. The largest absolute Gasteiger partial charge is 0.497 e. The van der Waals surface area contributed by atoms with Crippen molar-refractivity contribution in [1.82, 2.24) is 4.90 Å². The van der Waals surface area contributed by atoms with Gasteiger partial charge in [-0.15, -0.1) is 0 Å². The van der Waals surface area contributed by atoms with Crippen LogP contribution in [0.25, 0.3) is 0 Å². The number of nitrogens with zero attached hydrogens (tertiary/aromatic N) is 1. The number of likely N-dealkylation sites (tertiary alicyclic amines) is 1. The van der Waals surface area contributed by atoms with Crippen LogP contribution in [0.15, 0.2) is 24.3 Å². The molecule has 1 N–H and O–H groups in total. The molecule has 5 heteroatoms. The molecule has 3 unspecified atom stereocenters. The van der Waals surface area contributed by atoms with Gasteiger partial charge in [-0.05, 0) is 55.9 Å². The first-order valence-corrected chi connectivity index (χ1v) is 8.94. The highest BCUT2D eigenvalue weighted by Gasteiger charge is 2.44. The van der Waals surface area contributed by atoms with Crippen molar-refractivity contribution >= 4 is 5.97 Å². The molecule has 1 aliphatic carbocycles. The summed E-state index contributed by atoms with van der Waals surface area (Å²) in [4.78, 5) is 13.8. The van der Waals surface area contributed by atoms with Crippen LogP contribution in [0.3, 0.4) is 0 Å². The Morgan fingerprint density at radius 1 is 1.21 bits per heavy atom. The van der Waals surface area contributed by atoms with Gasteiger partial charge in [0.2, 0.25) is 0 Å². The smallest absolute Gasteiger partial charge is 0.320 e. The van der Waals surface area contributed by atoms with E-state index in [0.29, 0.717) is 18.6 Å². The zero-order valence-electron chi connectivity index (χ0n) is 14.3. The highest BCUT2D eigenvalue weighted by molar-refractivity contribution is 5.74. The minimum atomic E-state index is -0.666. The minimum absolute atomic E-state index is 0.306. The van der Waals surface area contributed by atoms with Crippen LogP contribution >= 0.6 is 0 Å². The SMILES string of the molecule is COc1ccc(OCCCN2C(C(=O)O)CC3CCCCC32)cc1. The molecular formula is C19H27NO4. The molecular weight excluding hydrogens is 306 g/mol. The van der Waals surface area contributed by atoms with Gasteiger partial charge in [0.25, 0.3) is 0 Å². The summed E-state index contributed by atoms with van der Waals surface area (Å²) in [5, 5.41) is 9.53. The zero-order chi connectivity index (χ0) is 16.9. The molecule has 0 amide bonds. The number of hydrogen-bond acceptors (Lipinski definition) is 4. The third-order valence-electron chi connectivity index (χ3n) is 5.40. The Kier molecular flexibility index (Phi) is 5.61. The van der Waals surface area contributed by atoms with E-state index < -0.39 is 5.97 Å². The second-order valence-corrected chi connectivity index (χ2v) is 6.82. The van der Waals surface area contributed by atoms with Crippen LogP contribution in [0.2, 0.25) is 0 Å². The Hall–Kier alpha value is -1.75. The second-order valence-electron chi connectivity index (χ2n) is 6.82. The molecule has 1 aromatic rings. The van der Waals surface area contributed by atoms with Crippen molar-refractivity contribution in [2.75, 3.05) is 20.3 Å². The molecule has 1 aliphatic heterocycles. The van der Waals surface area contributed by atoms with Crippen molar-refractivity contribution < 1.29 is 19.4 Å². The number of carboxylic acid groups (broad SMARTS) is 1. The number of fused-ring (bicyclic) bond motifs is 1. The normalized spacial score (nSPS) is 26.8. The summed E-state index contributed by atoms with van der Waals surface area (Å²) in [6.07, 6.45) is 6.48. The second kappa shape index (κ2) is 7.88. The fraction of sp³-hybridized carbons (Fsp3) is 0.632. The monoisotopic (exact) mass is 333 g/mol. The zero-order valence-corrected chi connectivity index (χ0v) is 14.3. The van der Waals surface area contributed by atoms with Gasteiger partial charge >= 0.3 is 5.97 Å². The van der Waals surface area contributed by atoms with Crippen LogP contribution in [0, 0.1) is 5.92 Å². The third-order valence-corrected chi connectivity index (χ3v) is 5.40. The van der Waals surface area contributed by atoms with Gasteiger partial charge in [-0.25, -0.2) is 0 Å². The predicted molar refractivity (Wildman–Crippen MR) is 91.6 cm³/mol. The van der Waals surface area contributed by atoms with Gasteiger partial charge < -0.3 is 14.6 Å². The Morgan fingerprint density at radius 2 is 1.92 bits per heavy atom. The molecule has 2 aliphatic rings. The molecule has 0 radical (unpaired) electrons. The molecule has 3 rings (SSSR count). The fourth-order valence-electron chi connectivity index (χ4n) is 4.23. The molecule has 0 spiro atoms. The summed E-state index contributed by atoms with van der Waals surface area (Å²) in [7, 11) is 1.64. The summed E-state index contributed by atoms with van der Waals surface area (Å²) >= 11 is 0. The summed E-state index contributed by atoms with van der Waals surface area (Å²) < 4.78 is 10.9. The van der Waals surface area contributed by atoms with Gasteiger partial charge in [0.05, 0.1) is 13.7 Å². The lowest BCUT2D eigenvalue weighted by Crippen LogP contribution is -2.43. The minimum Gasteiger partial charge on any atom is -0.497 e. The van der Waals surface area contributed by atoms with Crippen molar-refractivity contribution in [3.05, 3.63) is 24.3 Å². The Morgan fingerprint density at radius 3 is 2.62 bits per heavy atom. The third kappa shape index (κ3) is 3.83. The van der Waals surface area contributed by atoms with Gasteiger partial charge in [-0.1, -0.05) is 12.8 Å². The lowest BCUT2D eigenvalue weighted by molar-refractivity contribution is -0.142. The summed E-state index contributed by atoms with van der Waals surface area (Å²) in [6, 6.07) is 7.70. The standard InChI is InChI=1S/C19H27NO4/c1-23-15-7-9-16(10-8-15)24-12-4-11-20-17-6-3-2-5-14(17)13-18(20)19(21)22/h7-10,14,17-18H,2-6,11-13H2,1H3,(H,21,22). The lowest BCUT2D eigenvalue weighted by atomic mass is 9.85. The molecule has 5 nitrogen and oxygen atoms in total. The van der Waals surface area contributed by atoms with E-state index in [2.05, 4.69) is 4.90 Å². The van der Waals surface area contributed by atoms with Crippen LogP contribution in [-0.4, -0.2) is 48.3 Å². The number of rotatable bonds is 7. The molecule has 1 saturated heterocycles. The molecule has 0 aromatic heterocycles. The molecule has 1 saturated carbocycles. The van der Waals surface area contributed by atoms with Crippen LogP contribution in [0.1, 0.15) is 38.5 Å². The van der Waals surface area contributed by atoms with E-state index in [4.69, 9.17) is 9.47 Å². The number of carbonyl (C=O) groups is 1. The first-order chi connectivity index (χ1) is 11.7. The maximum absolute atomic E-state index is 11.6. The van der Waals surface area contributed by atoms with E-state index in [-0.39, 0.29) is 6.04 Å². The van der Waals surface area contributed by atoms with Gasteiger partial charge in [-0.2, -0.15) is 0 Å². The number of hydrogen-bond donors (Lipinski definition) is 1. The predicted octanol–water partition coefficient (Wildman–Crippen LogP) is 3.18. The summed E-state index contributed by atoms with van der Waals surface area (Å²) in [6.45, 7) is 1.40. The van der Waals surface area contributed by atoms with E-state index in [0.717, 1.165) is 37.3 Å². The quantitative estimate of drug-likeness (QED) is 0.777. The van der Waals surface area contributed by atoms with Crippen LogP contribution in [0.4, 0.5) is 0 Å². The Bertz CT molecular complexity index is 545. The molecule has 24 heavy (non-hydrogen) atoms. The van der Waals surface area contributed by atoms with E-state index in [1.807, 2.05) is 24.3 Å². The number of ether oxygens (including phenoxy) is 2. The van der Waals surface area contributed by atoms with Gasteiger partial charge in [0.1, 0.15) is 17.5 Å². The van der Waals surface area contributed by atoms with Crippen molar-refractivity contribution in [1.29, 1.82) is 0 Å². The summed E-state index contributed by atoms with van der Waals surface area (Å²) in [5.74, 6) is 1.54. The van der Waals surface area contributed by atoms with Gasteiger partial charge in [-0.3, -0.25) is 9.69 Å². The molecule has 3 atom stereocenters. The van der Waals surface area contributed by atoms with Crippen LogP contribution < -0.4 is 9.47 Å². The highest BCUT2D eigenvalue weighted by Crippen LogP contribution is 2.39. The first kappa shape index (κ1) is 17.1. The van der Waals surface area contributed by atoms with Gasteiger partial charge in [0, 0.05) is 12.6 Å². The van der Waals surface area contributed by atoms with E-state index in [1.54, 1.807) is 7.11 Å². The summed E-state index contributed by atoms with van der Waals surface area (Å²) in [5.41, 5.74) is 0. The van der Waals surface area contributed by atoms with Crippen LogP contribution in [-0.2, 0) is 4.79 Å². The number of methoxy groups -OCH3 is 1. The molecule has 132 valence electrons. The molecule has 2 fully saturated rings. The van der Waals surface area contributed by atoms with E-state index >= 15 is 0 Å². The fourth-order valence-corrected chi connectivity index (χ4v) is 4.23. The Labute approximate surface area is 143 Å². The van der Waals surface area contributed by atoms with Crippen molar-refractivity contribution in [2.24, 2.45) is 5.92 Å². The molecule has 1 heterocycles. The molecule has 1 aromatic carbocycles. The average Bonchev–Trinajstić information content (AvgIpc) is 2.98. The van der Waals surface area contributed by atoms with Crippen LogP contribution in [0.5, 0.6) is 11.5 Å². The van der Waals surface area contributed by atoms with Crippen molar-refractivity contribution in [2.45, 2.75) is 50.6 Å². The Balaban J connectivity index is 1.49. The topological polar surface area (TPSA) is 59.0 Å². The number of benzene rings is 1. The highest BCUT2D eigenvalue weighted by atomic mass is 16.5. The van der Waals surface area contributed by atoms with Crippen molar-refractivity contribution in [3.8, 4) is 11.5 Å². The van der Waals surface area contributed by atoms with Gasteiger partial charge in [0.15, 0.2) is 0 Å². The van der Waals surface area contributed by atoms with E-state index in [9.17, 15) is 9.90 Å². The van der Waals surface area contributed by atoms with E-state index in [1.165, 1.54) is 19.3 Å².